The van der Waals surface area contributed by atoms with Gasteiger partial charge in [0.1, 0.15) is 11.5 Å². The highest BCUT2D eigenvalue weighted by atomic mass is 32.2. The Hall–Kier alpha value is -3.27. The first-order valence-corrected chi connectivity index (χ1v) is 8.76. The summed E-state index contributed by atoms with van der Waals surface area (Å²) in [6, 6.07) is 8.55. The van der Waals surface area contributed by atoms with Gasteiger partial charge in [0.25, 0.3) is 5.91 Å². The Morgan fingerprint density at radius 2 is 1.93 bits per heavy atom. The Morgan fingerprint density at radius 1 is 1.22 bits per heavy atom. The lowest BCUT2D eigenvalue weighted by Gasteiger charge is -2.11. The number of rotatable bonds is 5. The van der Waals surface area contributed by atoms with Gasteiger partial charge in [0.15, 0.2) is 5.16 Å². The number of benzene rings is 2. The molecule has 0 bridgehead atoms. The van der Waals surface area contributed by atoms with Gasteiger partial charge >= 0.3 is 5.69 Å². The van der Waals surface area contributed by atoms with Crippen molar-refractivity contribution in [1.82, 2.24) is 9.55 Å². The van der Waals surface area contributed by atoms with Crippen LogP contribution in [0.2, 0.25) is 0 Å². The molecule has 10 heteroatoms. The molecule has 0 saturated heterocycles. The molecule has 1 amide bonds. The molecule has 0 aliphatic rings. The molecule has 0 fully saturated rings. The van der Waals surface area contributed by atoms with Gasteiger partial charge in [-0.15, -0.1) is 0 Å². The van der Waals surface area contributed by atoms with Crippen LogP contribution < -0.4 is 5.32 Å². The number of hydrogen-bond acceptors (Lipinski definition) is 5. The lowest BCUT2D eigenvalue weighted by molar-refractivity contribution is -0.387. The third-order valence-corrected chi connectivity index (χ3v) is 4.28. The van der Waals surface area contributed by atoms with E-state index in [2.05, 4.69) is 10.3 Å². The number of nitro groups is 1. The number of aromatic nitrogens is 2. The number of nitro benzene ring substituents is 1. The van der Waals surface area contributed by atoms with E-state index in [0.29, 0.717) is 10.8 Å². The van der Waals surface area contributed by atoms with E-state index in [1.165, 1.54) is 52.9 Å². The molecule has 0 saturated carbocycles. The second-order valence-corrected chi connectivity index (χ2v) is 6.09. The minimum absolute atomic E-state index is 0.0608. The molecule has 3 aromatic rings. The van der Waals surface area contributed by atoms with E-state index in [-0.39, 0.29) is 11.4 Å². The van der Waals surface area contributed by atoms with Crippen LogP contribution in [0.1, 0.15) is 10.5 Å². The monoisotopic (exact) mass is 390 g/mol. The maximum Gasteiger partial charge on any atom is 0.306 e. The van der Waals surface area contributed by atoms with E-state index in [1.54, 1.807) is 6.26 Å². The van der Waals surface area contributed by atoms with Crippen molar-refractivity contribution in [2.24, 2.45) is 0 Å². The molecule has 3 rings (SSSR count). The van der Waals surface area contributed by atoms with Gasteiger partial charge in [-0.1, -0.05) is 11.8 Å². The Labute approximate surface area is 156 Å². The van der Waals surface area contributed by atoms with Crippen molar-refractivity contribution < 1.29 is 18.5 Å². The topological polar surface area (TPSA) is 90.1 Å². The summed E-state index contributed by atoms with van der Waals surface area (Å²) in [5.41, 5.74) is -0.0262. The molecular weight excluding hydrogens is 378 g/mol. The zero-order valence-corrected chi connectivity index (χ0v) is 14.7. The number of thioether (sulfide) groups is 1. The average molecular weight is 390 g/mol. The predicted octanol–water partition coefficient (Wildman–Crippen LogP) is 4.03. The molecule has 0 unspecified atom stereocenters. The molecular formula is C17H12F2N4O3S. The summed E-state index contributed by atoms with van der Waals surface area (Å²) in [4.78, 5) is 26.8. The third kappa shape index (κ3) is 3.80. The number of nitrogens with zero attached hydrogens (tertiary/aromatic N) is 3. The molecule has 138 valence electrons. The summed E-state index contributed by atoms with van der Waals surface area (Å²) in [6.45, 7) is 0. The maximum atomic E-state index is 13.4. The third-order valence-electron chi connectivity index (χ3n) is 3.63. The zero-order valence-electron chi connectivity index (χ0n) is 13.8. The summed E-state index contributed by atoms with van der Waals surface area (Å²) >= 11 is 1.29. The highest BCUT2D eigenvalue weighted by Crippen LogP contribution is 2.25. The highest BCUT2D eigenvalue weighted by Gasteiger charge is 2.20. The van der Waals surface area contributed by atoms with E-state index in [9.17, 15) is 23.7 Å². The number of carbonyl (C=O) groups is 1. The Bertz CT molecular complexity index is 1020. The van der Waals surface area contributed by atoms with Crippen molar-refractivity contribution in [3.8, 4) is 5.69 Å². The SMILES string of the molecule is CSc1ncc(C(=O)Nc2ccc(F)c([N+](=O)[O-])c2)n1-c1ccc(F)cc1. The first-order chi connectivity index (χ1) is 12.9. The van der Waals surface area contributed by atoms with Crippen LogP contribution in [0.3, 0.4) is 0 Å². The normalized spacial score (nSPS) is 10.6. The van der Waals surface area contributed by atoms with Crippen molar-refractivity contribution in [1.29, 1.82) is 0 Å². The summed E-state index contributed by atoms with van der Waals surface area (Å²) in [5, 5.41) is 13.8. The molecule has 2 aromatic carbocycles. The number of anilines is 1. The lowest BCUT2D eigenvalue weighted by Crippen LogP contribution is -2.17. The number of nitrogens with one attached hydrogen (secondary N) is 1. The first-order valence-electron chi connectivity index (χ1n) is 7.53. The van der Waals surface area contributed by atoms with Gasteiger partial charge in [0.05, 0.1) is 11.1 Å². The quantitative estimate of drug-likeness (QED) is 0.404. The molecule has 27 heavy (non-hydrogen) atoms. The maximum absolute atomic E-state index is 13.4. The summed E-state index contributed by atoms with van der Waals surface area (Å²) in [6.07, 6.45) is 3.11. The molecule has 0 aliphatic carbocycles. The molecule has 0 spiro atoms. The van der Waals surface area contributed by atoms with E-state index >= 15 is 0 Å². The van der Waals surface area contributed by atoms with Crippen molar-refractivity contribution in [3.05, 3.63) is 76.1 Å². The van der Waals surface area contributed by atoms with Gasteiger partial charge in [-0.2, -0.15) is 4.39 Å². The molecule has 1 N–H and O–H groups in total. The van der Waals surface area contributed by atoms with Crippen LogP contribution in [-0.2, 0) is 0 Å². The predicted molar refractivity (Wildman–Crippen MR) is 96.3 cm³/mol. The molecule has 7 nitrogen and oxygen atoms in total. The van der Waals surface area contributed by atoms with Gasteiger partial charge in [-0.25, -0.2) is 9.37 Å². The van der Waals surface area contributed by atoms with Gasteiger partial charge in [0, 0.05) is 17.4 Å². The van der Waals surface area contributed by atoms with Crippen LogP contribution in [0.5, 0.6) is 0 Å². The lowest BCUT2D eigenvalue weighted by atomic mass is 10.2. The van der Waals surface area contributed by atoms with E-state index in [0.717, 1.165) is 12.1 Å². The van der Waals surface area contributed by atoms with Crippen LogP contribution in [-0.4, -0.2) is 26.6 Å². The minimum Gasteiger partial charge on any atom is -0.320 e. The number of hydrogen-bond donors (Lipinski definition) is 1. The fraction of sp³-hybridized carbons (Fsp3) is 0.0588. The van der Waals surface area contributed by atoms with Crippen LogP contribution in [0.4, 0.5) is 20.2 Å². The minimum atomic E-state index is -1.00. The number of imidazole rings is 1. The Kier molecular flexibility index (Phi) is 5.17. The number of carbonyl (C=O) groups excluding carboxylic acids is 1. The second-order valence-electron chi connectivity index (χ2n) is 5.32. The van der Waals surface area contributed by atoms with Gasteiger partial charge in [0.2, 0.25) is 5.82 Å². The number of amides is 1. The van der Waals surface area contributed by atoms with E-state index < -0.39 is 28.2 Å². The standard InChI is InChI=1S/C17H12F2N4O3S/c1-27-17-20-9-15(22(17)12-5-2-10(18)3-6-12)16(24)21-11-4-7-13(19)14(8-11)23(25)26/h2-9H,1H3,(H,21,24). The van der Waals surface area contributed by atoms with Crippen molar-refractivity contribution in [2.45, 2.75) is 5.16 Å². The summed E-state index contributed by atoms with van der Waals surface area (Å²) < 4.78 is 28.2. The van der Waals surface area contributed by atoms with E-state index in [4.69, 9.17) is 0 Å². The van der Waals surface area contributed by atoms with Gasteiger partial charge < -0.3 is 5.32 Å². The largest absolute Gasteiger partial charge is 0.320 e. The molecule has 0 radical (unpaired) electrons. The zero-order chi connectivity index (χ0) is 19.6. The van der Waals surface area contributed by atoms with Crippen molar-refractivity contribution >= 4 is 29.0 Å². The Morgan fingerprint density at radius 3 is 2.56 bits per heavy atom. The van der Waals surface area contributed by atoms with Crippen LogP contribution >= 0.6 is 11.8 Å². The smallest absolute Gasteiger partial charge is 0.306 e. The van der Waals surface area contributed by atoms with Crippen LogP contribution in [0, 0.1) is 21.7 Å². The average Bonchev–Trinajstić information content (AvgIpc) is 3.08. The second kappa shape index (κ2) is 7.54. The summed E-state index contributed by atoms with van der Waals surface area (Å²) in [5.74, 6) is -2.03. The molecule has 0 aliphatic heterocycles. The highest BCUT2D eigenvalue weighted by molar-refractivity contribution is 7.98. The van der Waals surface area contributed by atoms with Gasteiger partial charge in [-0.3, -0.25) is 19.5 Å². The fourth-order valence-corrected chi connectivity index (χ4v) is 2.95. The molecule has 1 aromatic heterocycles. The Balaban J connectivity index is 1.96. The van der Waals surface area contributed by atoms with Crippen LogP contribution in [0.15, 0.2) is 53.8 Å². The molecule has 0 atom stereocenters. The fourth-order valence-electron chi connectivity index (χ4n) is 2.40. The molecule has 1 heterocycles. The summed E-state index contributed by atoms with van der Waals surface area (Å²) in [7, 11) is 0. The van der Waals surface area contributed by atoms with Gasteiger partial charge in [-0.05, 0) is 42.7 Å². The number of halogens is 2. The van der Waals surface area contributed by atoms with Crippen molar-refractivity contribution in [2.75, 3.05) is 11.6 Å². The van der Waals surface area contributed by atoms with Crippen LogP contribution in [0.25, 0.3) is 5.69 Å². The first kappa shape index (κ1) is 18.5. The van der Waals surface area contributed by atoms with E-state index in [1.807, 2.05) is 0 Å². The van der Waals surface area contributed by atoms with Crippen molar-refractivity contribution in [3.63, 3.8) is 0 Å².